The Labute approximate surface area is 266 Å². The van der Waals surface area contributed by atoms with Gasteiger partial charge in [-0.2, -0.15) is 0 Å². The lowest BCUT2D eigenvalue weighted by Crippen LogP contribution is -2.41. The van der Waals surface area contributed by atoms with Gasteiger partial charge in [0.25, 0.3) is 5.82 Å². The van der Waals surface area contributed by atoms with Crippen LogP contribution in [0.5, 0.6) is 0 Å². The van der Waals surface area contributed by atoms with Crippen LogP contribution in [0.25, 0.3) is 0 Å². The molecule has 248 valence electrons. The fourth-order valence-electron chi connectivity index (χ4n) is 6.96. The number of aromatic amines is 1. The van der Waals surface area contributed by atoms with Crippen LogP contribution in [0.1, 0.15) is 245 Å². The first-order valence-electron chi connectivity index (χ1n) is 19.8. The molecule has 42 heavy (non-hydrogen) atoms. The number of nitrogens with zero attached hydrogens (tertiary/aromatic N) is 1. The summed E-state index contributed by atoms with van der Waals surface area (Å²) in [5, 5.41) is 0. The molecule has 2 heteroatoms. The topological polar surface area (TPSA) is 19.7 Å². The van der Waals surface area contributed by atoms with Crippen molar-refractivity contribution >= 4 is 0 Å². The molecule has 2 unspecified atom stereocenters. The number of aromatic nitrogens is 2. The molecule has 1 heterocycles. The largest absolute Gasteiger partial charge is 0.257 e. The minimum absolute atomic E-state index is 0.620. The van der Waals surface area contributed by atoms with Crippen LogP contribution in [0.4, 0.5) is 0 Å². The zero-order chi connectivity index (χ0) is 30.4. The second-order valence-corrected chi connectivity index (χ2v) is 14.0. The molecule has 0 aliphatic rings. The molecule has 0 bridgehead atoms. The van der Waals surface area contributed by atoms with Gasteiger partial charge in [0.15, 0.2) is 0 Å². The molecule has 2 nitrogen and oxygen atoms in total. The number of unbranched alkanes of at least 4 members (excludes halogenated alkanes) is 25. The van der Waals surface area contributed by atoms with Crippen molar-refractivity contribution in [3.63, 3.8) is 0 Å². The quantitative estimate of drug-likeness (QED) is 0.0623. The Morgan fingerprint density at radius 2 is 0.762 bits per heavy atom. The van der Waals surface area contributed by atoms with E-state index in [0.29, 0.717) is 12.0 Å². The molecular formula is C40H79N2+. The van der Waals surface area contributed by atoms with E-state index in [1.165, 1.54) is 205 Å². The van der Waals surface area contributed by atoms with Crippen LogP contribution in [0.2, 0.25) is 0 Å². The first-order valence-corrected chi connectivity index (χ1v) is 19.8. The summed E-state index contributed by atoms with van der Waals surface area (Å²) in [7, 11) is 0. The molecule has 0 spiro atoms. The minimum Gasteiger partial charge on any atom is -0.247 e. The van der Waals surface area contributed by atoms with Crippen LogP contribution in [0.15, 0.2) is 12.4 Å². The van der Waals surface area contributed by atoms with Gasteiger partial charge in [-0.25, -0.2) is 9.55 Å². The third-order valence-corrected chi connectivity index (χ3v) is 9.89. The second kappa shape index (κ2) is 30.2. The average molecular weight is 588 g/mol. The van der Waals surface area contributed by atoms with Gasteiger partial charge in [0, 0.05) is 0 Å². The van der Waals surface area contributed by atoms with E-state index in [1.807, 2.05) is 0 Å². The Morgan fingerprint density at radius 3 is 1.14 bits per heavy atom. The van der Waals surface area contributed by atoms with Crippen molar-refractivity contribution < 1.29 is 4.57 Å². The lowest BCUT2D eigenvalue weighted by molar-refractivity contribution is -0.727. The Balaban J connectivity index is 2.29. The monoisotopic (exact) mass is 588 g/mol. The number of H-pyrrole nitrogens is 1. The summed E-state index contributed by atoms with van der Waals surface area (Å²) in [5.41, 5.74) is 0. The highest BCUT2D eigenvalue weighted by atomic mass is 15.1. The van der Waals surface area contributed by atoms with Gasteiger partial charge >= 0.3 is 0 Å². The number of nitrogens with one attached hydrogen (secondary N) is 1. The molecule has 0 saturated carbocycles. The molecule has 1 aromatic heterocycles. The van der Waals surface area contributed by atoms with Crippen molar-refractivity contribution in [3.05, 3.63) is 18.2 Å². The van der Waals surface area contributed by atoms with Crippen LogP contribution in [0.3, 0.4) is 0 Å². The summed E-state index contributed by atoms with van der Waals surface area (Å²) in [4.78, 5) is 3.73. The Hall–Kier alpha value is -0.790. The minimum atomic E-state index is 0.620. The summed E-state index contributed by atoms with van der Waals surface area (Å²) in [6.45, 7) is 9.42. The zero-order valence-corrected chi connectivity index (χ0v) is 29.7. The maximum Gasteiger partial charge on any atom is 0.257 e. The van der Waals surface area contributed by atoms with E-state index in [1.54, 1.807) is 0 Å². The second-order valence-electron chi connectivity index (χ2n) is 14.0. The molecule has 0 radical (unpaired) electrons. The van der Waals surface area contributed by atoms with Crippen LogP contribution < -0.4 is 4.57 Å². The van der Waals surface area contributed by atoms with Gasteiger partial charge in [-0.1, -0.05) is 194 Å². The van der Waals surface area contributed by atoms with Gasteiger partial charge in [-0.3, -0.25) is 0 Å². The summed E-state index contributed by atoms with van der Waals surface area (Å²) in [5.74, 6) is 2.24. The molecule has 1 aromatic rings. The molecule has 0 aromatic carbocycles. The van der Waals surface area contributed by atoms with Gasteiger partial charge in [-0.15, -0.1) is 0 Å². The Kier molecular flexibility index (Phi) is 28.3. The predicted molar refractivity (Wildman–Crippen MR) is 189 cm³/mol. The zero-order valence-electron chi connectivity index (χ0n) is 29.7. The average Bonchev–Trinajstić information content (AvgIpc) is 3.49. The van der Waals surface area contributed by atoms with Crippen LogP contribution >= 0.6 is 0 Å². The Morgan fingerprint density at radius 1 is 0.452 bits per heavy atom. The van der Waals surface area contributed by atoms with Crippen LogP contribution in [-0.2, 0) is 0 Å². The molecule has 0 aliphatic heterocycles. The first kappa shape index (κ1) is 39.2. The molecule has 0 aliphatic carbocycles. The van der Waals surface area contributed by atoms with E-state index in [-0.39, 0.29) is 0 Å². The highest BCUT2D eigenvalue weighted by Crippen LogP contribution is 2.27. The fourth-order valence-corrected chi connectivity index (χ4v) is 6.96. The summed E-state index contributed by atoms with van der Waals surface area (Å²) in [6.07, 6.45) is 48.7. The van der Waals surface area contributed by atoms with E-state index in [4.69, 9.17) is 0 Å². The van der Waals surface area contributed by atoms with Gasteiger partial charge in [0.2, 0.25) is 0 Å². The number of hydrogen-bond acceptors (Lipinski definition) is 0. The number of hydrogen-bond donors (Lipinski definition) is 1. The third kappa shape index (κ3) is 21.8. The fraction of sp³-hybridized carbons (Fsp3) is 0.925. The predicted octanol–water partition coefficient (Wildman–Crippen LogP) is 14.1. The van der Waals surface area contributed by atoms with E-state index in [9.17, 15) is 0 Å². The maximum atomic E-state index is 3.73. The summed E-state index contributed by atoms with van der Waals surface area (Å²) < 4.78 is 2.63. The molecule has 0 fully saturated rings. The highest BCUT2D eigenvalue weighted by molar-refractivity contribution is 4.90. The maximum absolute atomic E-state index is 3.73. The van der Waals surface area contributed by atoms with Gasteiger partial charge in [0.05, 0.1) is 12.0 Å². The first-order chi connectivity index (χ1) is 20.7. The van der Waals surface area contributed by atoms with E-state index < -0.39 is 0 Å². The van der Waals surface area contributed by atoms with Crippen molar-refractivity contribution in [2.24, 2.45) is 0 Å². The molecule has 1 rings (SSSR count). The standard InChI is InChI=1S/C40H78N2/c1-5-8-11-14-16-18-20-21-23-24-26-28-30-33-38(4)42-37-36-41-40(42)39(34-31-13-10-7-3)35-32-29-27-25-22-19-17-15-12-9-6-2/h36-39H,5-35H2,1-4H3/p+1. The molecule has 2 atom stereocenters. The summed E-state index contributed by atoms with van der Waals surface area (Å²) in [6, 6.07) is 0.620. The number of rotatable bonds is 33. The molecular weight excluding hydrogens is 508 g/mol. The van der Waals surface area contributed by atoms with Crippen molar-refractivity contribution in [1.82, 2.24) is 4.98 Å². The van der Waals surface area contributed by atoms with Crippen molar-refractivity contribution in [3.8, 4) is 0 Å². The third-order valence-electron chi connectivity index (χ3n) is 9.89. The number of imidazole rings is 1. The van der Waals surface area contributed by atoms with Gasteiger partial charge in [0.1, 0.15) is 12.4 Å². The van der Waals surface area contributed by atoms with E-state index >= 15 is 0 Å². The van der Waals surface area contributed by atoms with Crippen molar-refractivity contribution in [2.45, 2.75) is 239 Å². The van der Waals surface area contributed by atoms with Crippen molar-refractivity contribution in [2.75, 3.05) is 0 Å². The van der Waals surface area contributed by atoms with Crippen molar-refractivity contribution in [1.29, 1.82) is 0 Å². The van der Waals surface area contributed by atoms with Crippen LogP contribution in [-0.4, -0.2) is 4.98 Å². The van der Waals surface area contributed by atoms with Gasteiger partial charge < -0.3 is 0 Å². The van der Waals surface area contributed by atoms with E-state index in [0.717, 1.165) is 0 Å². The lowest BCUT2D eigenvalue weighted by atomic mass is 9.93. The molecule has 0 amide bonds. The lowest BCUT2D eigenvalue weighted by Gasteiger charge is -2.17. The summed E-state index contributed by atoms with van der Waals surface area (Å²) >= 11 is 0. The molecule has 0 saturated heterocycles. The van der Waals surface area contributed by atoms with E-state index in [2.05, 4.69) is 49.6 Å². The van der Waals surface area contributed by atoms with Gasteiger partial charge in [-0.05, 0) is 32.6 Å². The molecule has 1 N–H and O–H groups in total. The normalized spacial score (nSPS) is 13.1. The SMILES string of the molecule is CCCCCCCCCCCCCCCC(C)[n+]1cc[nH]c1C(CCCCCC)CCCCCCCCCCCCC. The smallest absolute Gasteiger partial charge is 0.247 e. The Bertz CT molecular complexity index is 650. The van der Waals surface area contributed by atoms with Crippen LogP contribution in [0, 0.1) is 0 Å². The highest BCUT2D eigenvalue weighted by Gasteiger charge is 2.25.